The van der Waals surface area contributed by atoms with E-state index in [4.69, 9.17) is 0 Å². The number of amides is 3. The molecule has 2 aromatic carbocycles. The molecule has 2 heterocycles. The van der Waals surface area contributed by atoms with E-state index in [0.717, 1.165) is 10.5 Å². The van der Waals surface area contributed by atoms with Gasteiger partial charge < -0.3 is 9.64 Å². The van der Waals surface area contributed by atoms with E-state index >= 15 is 0 Å². The third kappa shape index (κ3) is 5.33. The van der Waals surface area contributed by atoms with E-state index in [1.165, 1.54) is 12.1 Å². The summed E-state index contributed by atoms with van der Waals surface area (Å²) in [5, 5.41) is 0. The molecule has 2 aliphatic heterocycles. The zero-order chi connectivity index (χ0) is 23.6. The van der Waals surface area contributed by atoms with Crippen molar-refractivity contribution >= 4 is 17.7 Å². The number of ether oxygens (including phenoxy) is 1. The maximum absolute atomic E-state index is 12.6. The molecule has 2 aliphatic rings. The highest BCUT2D eigenvalue weighted by Gasteiger charge is 2.35. The van der Waals surface area contributed by atoms with Gasteiger partial charge in [0.15, 0.2) is 0 Å². The van der Waals surface area contributed by atoms with Crippen LogP contribution in [0, 0.1) is 0 Å². The van der Waals surface area contributed by atoms with Crippen molar-refractivity contribution in [1.29, 1.82) is 0 Å². The molecule has 0 bridgehead atoms. The molecule has 0 unspecified atom stereocenters. The zero-order valence-electron chi connectivity index (χ0n) is 17.7. The highest BCUT2D eigenvalue weighted by atomic mass is 19.4. The fourth-order valence-corrected chi connectivity index (χ4v) is 4.02. The topological polar surface area (TPSA) is 70.2 Å². The van der Waals surface area contributed by atoms with E-state index in [1.54, 1.807) is 41.3 Å². The summed E-state index contributed by atoms with van der Waals surface area (Å²) >= 11 is 0. The second-order valence-electron chi connectivity index (χ2n) is 7.91. The predicted octanol–water partition coefficient (Wildman–Crippen LogP) is 2.92. The van der Waals surface area contributed by atoms with Crippen molar-refractivity contribution in [3.8, 4) is 5.75 Å². The highest BCUT2D eigenvalue weighted by Crippen LogP contribution is 2.24. The van der Waals surface area contributed by atoms with Gasteiger partial charge in [0.1, 0.15) is 5.75 Å². The van der Waals surface area contributed by atoms with Crippen LogP contribution in [0.4, 0.5) is 13.2 Å². The predicted molar refractivity (Wildman–Crippen MR) is 111 cm³/mol. The van der Waals surface area contributed by atoms with Gasteiger partial charge in [-0.3, -0.25) is 24.2 Å². The van der Waals surface area contributed by atoms with Gasteiger partial charge in [-0.1, -0.05) is 24.3 Å². The number of benzene rings is 2. The van der Waals surface area contributed by atoms with E-state index in [1.807, 2.05) is 0 Å². The fraction of sp³-hybridized carbons (Fsp3) is 0.348. The van der Waals surface area contributed by atoms with Crippen LogP contribution in [0.25, 0.3) is 0 Å². The Hall–Kier alpha value is -3.40. The first-order valence-corrected chi connectivity index (χ1v) is 10.5. The average molecular weight is 461 g/mol. The summed E-state index contributed by atoms with van der Waals surface area (Å²) in [6, 6.07) is 12.3. The van der Waals surface area contributed by atoms with E-state index < -0.39 is 6.36 Å². The van der Waals surface area contributed by atoms with Gasteiger partial charge in [-0.25, -0.2) is 0 Å². The molecule has 0 radical (unpaired) electrons. The first-order valence-electron chi connectivity index (χ1n) is 10.5. The fourth-order valence-electron chi connectivity index (χ4n) is 4.02. The van der Waals surface area contributed by atoms with E-state index in [0.29, 0.717) is 43.9 Å². The molecular formula is C23H22F3N3O4. The molecule has 7 nitrogen and oxygen atoms in total. The monoisotopic (exact) mass is 461 g/mol. The Labute approximate surface area is 188 Å². The summed E-state index contributed by atoms with van der Waals surface area (Å²) in [7, 11) is 0. The Morgan fingerprint density at radius 2 is 1.45 bits per heavy atom. The summed E-state index contributed by atoms with van der Waals surface area (Å²) in [6.45, 7) is 2.80. The van der Waals surface area contributed by atoms with Crippen molar-refractivity contribution in [2.24, 2.45) is 0 Å². The van der Waals surface area contributed by atoms with Crippen LogP contribution in [-0.2, 0) is 11.3 Å². The lowest BCUT2D eigenvalue weighted by atomic mass is 10.1. The Morgan fingerprint density at radius 1 is 0.879 bits per heavy atom. The lowest BCUT2D eigenvalue weighted by Gasteiger charge is -2.35. The molecule has 0 saturated carbocycles. The zero-order valence-corrected chi connectivity index (χ0v) is 17.7. The normalized spacial score (nSPS) is 16.8. The quantitative estimate of drug-likeness (QED) is 0.619. The molecular weight excluding hydrogens is 439 g/mol. The van der Waals surface area contributed by atoms with Gasteiger partial charge in [0.2, 0.25) is 5.91 Å². The molecule has 4 rings (SSSR count). The van der Waals surface area contributed by atoms with Crippen LogP contribution < -0.4 is 4.74 Å². The van der Waals surface area contributed by atoms with Crippen LogP contribution in [0.3, 0.4) is 0 Å². The van der Waals surface area contributed by atoms with Gasteiger partial charge in [-0.15, -0.1) is 13.2 Å². The van der Waals surface area contributed by atoms with Crippen LogP contribution >= 0.6 is 0 Å². The second kappa shape index (κ2) is 9.22. The first-order chi connectivity index (χ1) is 15.7. The minimum absolute atomic E-state index is 0.0394. The number of halogens is 3. The van der Waals surface area contributed by atoms with E-state index in [2.05, 4.69) is 9.64 Å². The smallest absolute Gasteiger partial charge is 0.406 e. The molecule has 1 fully saturated rings. The first kappa shape index (κ1) is 22.8. The van der Waals surface area contributed by atoms with Crippen molar-refractivity contribution < 1.29 is 32.3 Å². The summed E-state index contributed by atoms with van der Waals surface area (Å²) < 4.78 is 40.7. The van der Waals surface area contributed by atoms with Gasteiger partial charge in [0, 0.05) is 45.7 Å². The van der Waals surface area contributed by atoms with E-state index in [9.17, 15) is 27.6 Å². The van der Waals surface area contributed by atoms with Crippen molar-refractivity contribution in [1.82, 2.24) is 14.7 Å². The van der Waals surface area contributed by atoms with Gasteiger partial charge in [0.25, 0.3) is 11.8 Å². The van der Waals surface area contributed by atoms with Gasteiger partial charge in [-0.05, 0) is 29.8 Å². The van der Waals surface area contributed by atoms with Crippen LogP contribution in [0.15, 0.2) is 48.5 Å². The average Bonchev–Trinajstić information content (AvgIpc) is 3.03. The maximum atomic E-state index is 12.6. The molecule has 0 atom stereocenters. The number of rotatable bonds is 6. The molecule has 0 N–H and O–H groups in total. The van der Waals surface area contributed by atoms with Crippen LogP contribution in [0.5, 0.6) is 5.75 Å². The summed E-state index contributed by atoms with van der Waals surface area (Å²) in [4.78, 5) is 42.4. The molecule has 33 heavy (non-hydrogen) atoms. The Kier molecular flexibility index (Phi) is 6.37. The highest BCUT2D eigenvalue weighted by molar-refractivity contribution is 6.21. The van der Waals surface area contributed by atoms with E-state index in [-0.39, 0.29) is 36.4 Å². The third-order valence-electron chi connectivity index (χ3n) is 5.72. The third-order valence-corrected chi connectivity index (χ3v) is 5.72. The molecule has 3 amide bonds. The standard InChI is InChI=1S/C23H22F3N3O4/c24-23(25,26)33-17-7-5-16(6-8-17)15-27-11-13-28(14-12-27)20(30)9-10-29-21(31)18-3-1-2-4-19(18)22(29)32/h1-8H,9-15H2. The van der Waals surface area contributed by atoms with Gasteiger partial charge in [0.05, 0.1) is 11.1 Å². The van der Waals surface area contributed by atoms with Crippen LogP contribution in [0.1, 0.15) is 32.7 Å². The molecule has 0 aliphatic carbocycles. The summed E-state index contributed by atoms with van der Waals surface area (Å²) in [5.41, 5.74) is 1.57. The second-order valence-corrected chi connectivity index (χ2v) is 7.91. The maximum Gasteiger partial charge on any atom is 0.573 e. The number of hydrogen-bond acceptors (Lipinski definition) is 5. The number of hydrogen-bond donors (Lipinski definition) is 0. The number of imide groups is 1. The van der Waals surface area contributed by atoms with Crippen molar-refractivity contribution in [2.75, 3.05) is 32.7 Å². The summed E-state index contributed by atoms with van der Waals surface area (Å²) in [5.74, 6) is -1.14. The number of alkyl halides is 3. The van der Waals surface area contributed by atoms with Crippen LogP contribution in [0.2, 0.25) is 0 Å². The molecule has 174 valence electrons. The molecule has 1 saturated heterocycles. The minimum Gasteiger partial charge on any atom is -0.406 e. The van der Waals surface area contributed by atoms with Crippen molar-refractivity contribution in [3.05, 3.63) is 65.2 Å². The molecule has 10 heteroatoms. The number of fused-ring (bicyclic) bond motifs is 1. The number of nitrogens with zero attached hydrogens (tertiary/aromatic N) is 3. The van der Waals surface area contributed by atoms with Gasteiger partial charge in [-0.2, -0.15) is 0 Å². The Morgan fingerprint density at radius 3 is 2.00 bits per heavy atom. The van der Waals surface area contributed by atoms with Crippen LogP contribution in [-0.4, -0.2) is 71.5 Å². The summed E-state index contributed by atoms with van der Waals surface area (Å²) in [6.07, 6.45) is -4.66. The molecule has 2 aromatic rings. The van der Waals surface area contributed by atoms with Crippen molar-refractivity contribution in [2.45, 2.75) is 19.3 Å². The SMILES string of the molecule is O=C(CCN1C(=O)c2ccccc2C1=O)N1CCN(Cc2ccc(OC(F)(F)F)cc2)CC1. The molecule has 0 spiro atoms. The number of piperazine rings is 1. The Balaban J connectivity index is 1.23. The molecule has 0 aromatic heterocycles. The number of carbonyl (C=O) groups is 3. The Bertz CT molecular complexity index is 1010. The minimum atomic E-state index is -4.72. The largest absolute Gasteiger partial charge is 0.573 e. The lowest BCUT2D eigenvalue weighted by Crippen LogP contribution is -2.49. The van der Waals surface area contributed by atoms with Gasteiger partial charge >= 0.3 is 6.36 Å². The lowest BCUT2D eigenvalue weighted by molar-refractivity contribution is -0.274. The number of carbonyl (C=O) groups excluding carboxylic acids is 3. The van der Waals surface area contributed by atoms with Crippen molar-refractivity contribution in [3.63, 3.8) is 0 Å².